The summed E-state index contributed by atoms with van der Waals surface area (Å²) >= 11 is 0. The minimum atomic E-state index is -3.83. The van der Waals surface area contributed by atoms with Gasteiger partial charge < -0.3 is 5.32 Å². The van der Waals surface area contributed by atoms with Gasteiger partial charge in [-0.2, -0.15) is 5.10 Å². The highest BCUT2D eigenvalue weighted by atomic mass is 32.2. The Morgan fingerprint density at radius 3 is 2.24 bits per heavy atom. The summed E-state index contributed by atoms with van der Waals surface area (Å²) < 4.78 is 29.8. The van der Waals surface area contributed by atoms with Gasteiger partial charge in [0.1, 0.15) is 5.82 Å². The molecule has 2 N–H and O–H groups in total. The monoisotopic (exact) mass is 459 g/mol. The third-order valence-corrected chi connectivity index (χ3v) is 6.41. The first-order valence-corrected chi connectivity index (χ1v) is 11.7. The average molecular weight is 460 g/mol. The number of anilines is 3. The van der Waals surface area contributed by atoms with Crippen LogP contribution in [0.25, 0.3) is 16.6 Å². The van der Waals surface area contributed by atoms with E-state index in [1.54, 1.807) is 32.0 Å². The van der Waals surface area contributed by atoms with Crippen LogP contribution in [0.3, 0.4) is 0 Å². The Morgan fingerprint density at radius 1 is 0.818 bits per heavy atom. The molecule has 0 atom stereocenters. The number of hydrogen-bond acceptors (Lipinski definition) is 7. The number of sulfonamides is 1. The normalized spacial score (nSPS) is 11.7. The van der Waals surface area contributed by atoms with E-state index in [-0.39, 0.29) is 10.8 Å². The van der Waals surface area contributed by atoms with Crippen molar-refractivity contribution in [3.8, 4) is 0 Å². The lowest BCUT2D eigenvalue weighted by Gasteiger charge is -2.11. The Bertz CT molecular complexity index is 1590. The summed E-state index contributed by atoms with van der Waals surface area (Å²) in [4.78, 5) is 13.1. The van der Waals surface area contributed by atoms with Crippen LogP contribution in [0.1, 0.15) is 17.1 Å². The number of fused-ring (bicyclic) bond motifs is 3. The van der Waals surface area contributed by atoms with Gasteiger partial charge in [0, 0.05) is 28.5 Å². The summed E-state index contributed by atoms with van der Waals surface area (Å²) in [7, 11) is -3.83. The number of aryl methyl sites for hydroxylation is 3. The molecule has 0 saturated carbocycles. The van der Waals surface area contributed by atoms with Crippen molar-refractivity contribution in [2.24, 2.45) is 0 Å². The highest BCUT2D eigenvalue weighted by Crippen LogP contribution is 2.27. The third kappa shape index (κ3) is 4.08. The number of hydrogen-bond donors (Lipinski definition) is 2. The summed E-state index contributed by atoms with van der Waals surface area (Å²) in [5.41, 5.74) is 4.60. The number of benzene rings is 2. The molecule has 0 aliphatic heterocycles. The molecule has 3 aromatic heterocycles. The molecule has 0 unspecified atom stereocenters. The maximum atomic E-state index is 12.8. The van der Waals surface area contributed by atoms with Gasteiger partial charge in [-0.15, -0.1) is 0 Å². The molecule has 0 radical (unpaired) electrons. The predicted octanol–water partition coefficient (Wildman–Crippen LogP) is 4.14. The van der Waals surface area contributed by atoms with Gasteiger partial charge in [0.15, 0.2) is 5.65 Å². The predicted molar refractivity (Wildman–Crippen MR) is 127 cm³/mol. The molecule has 0 fully saturated rings. The van der Waals surface area contributed by atoms with Crippen molar-refractivity contribution < 1.29 is 8.42 Å². The Hall–Kier alpha value is -4.05. The van der Waals surface area contributed by atoms with Gasteiger partial charge in [-0.1, -0.05) is 12.1 Å². The fraction of sp³-hybridized carbons (Fsp3) is 0.130. The molecule has 3 heterocycles. The van der Waals surface area contributed by atoms with Crippen molar-refractivity contribution in [1.29, 1.82) is 0 Å². The SMILES string of the molecule is Cc1cc(C)nc(NS(=O)(=O)c2ccc(Nc3nc4cc(C)nn4c4ccccc34)cc2)n1. The zero-order chi connectivity index (χ0) is 23.2. The molecule has 0 saturated heterocycles. The molecule has 10 heteroatoms. The van der Waals surface area contributed by atoms with Crippen molar-refractivity contribution >= 4 is 44.0 Å². The smallest absolute Gasteiger partial charge is 0.264 e. The van der Waals surface area contributed by atoms with Crippen molar-refractivity contribution in [3.05, 3.63) is 77.7 Å². The Morgan fingerprint density at radius 2 is 1.52 bits per heavy atom. The van der Waals surface area contributed by atoms with Crippen LogP contribution in [0.5, 0.6) is 0 Å². The topological polar surface area (TPSA) is 114 Å². The molecular formula is C23H21N7O2S. The van der Waals surface area contributed by atoms with Crippen LogP contribution in [0, 0.1) is 20.8 Å². The second-order valence-corrected chi connectivity index (χ2v) is 9.44. The first-order chi connectivity index (χ1) is 15.8. The van der Waals surface area contributed by atoms with Gasteiger partial charge in [0.25, 0.3) is 10.0 Å². The Kier molecular flexibility index (Phi) is 4.94. The molecular weight excluding hydrogens is 438 g/mol. The lowest BCUT2D eigenvalue weighted by atomic mass is 10.2. The molecule has 5 aromatic rings. The minimum absolute atomic E-state index is 0.0507. The molecule has 166 valence electrons. The van der Waals surface area contributed by atoms with Crippen molar-refractivity contribution in [2.75, 3.05) is 10.0 Å². The number of para-hydroxylation sites is 1. The van der Waals surface area contributed by atoms with Crippen LogP contribution in [0.2, 0.25) is 0 Å². The molecule has 5 rings (SSSR count). The first kappa shape index (κ1) is 20.8. The van der Waals surface area contributed by atoms with Crippen LogP contribution in [-0.4, -0.2) is 33.0 Å². The fourth-order valence-corrected chi connectivity index (χ4v) is 4.62. The van der Waals surface area contributed by atoms with E-state index in [2.05, 4.69) is 25.1 Å². The third-order valence-electron chi connectivity index (χ3n) is 5.06. The van der Waals surface area contributed by atoms with Gasteiger partial charge in [-0.3, -0.25) is 0 Å². The highest BCUT2D eigenvalue weighted by molar-refractivity contribution is 7.92. The summed E-state index contributed by atoms with van der Waals surface area (Å²) in [5, 5.41) is 8.72. The Balaban J connectivity index is 1.45. The minimum Gasteiger partial charge on any atom is -0.340 e. The second-order valence-electron chi connectivity index (χ2n) is 7.76. The average Bonchev–Trinajstić information content (AvgIpc) is 3.13. The van der Waals surface area contributed by atoms with Crippen LogP contribution in [0.15, 0.2) is 65.6 Å². The number of nitrogens with zero attached hydrogens (tertiary/aromatic N) is 5. The molecule has 2 aromatic carbocycles. The summed E-state index contributed by atoms with van der Waals surface area (Å²) in [6.07, 6.45) is 0. The quantitative estimate of drug-likeness (QED) is 0.406. The van der Waals surface area contributed by atoms with E-state index >= 15 is 0 Å². The van der Waals surface area contributed by atoms with E-state index in [9.17, 15) is 8.42 Å². The van der Waals surface area contributed by atoms with E-state index < -0.39 is 10.0 Å². The summed E-state index contributed by atoms with van der Waals surface area (Å²) in [6, 6.07) is 18.0. The van der Waals surface area contributed by atoms with Crippen molar-refractivity contribution in [2.45, 2.75) is 25.7 Å². The first-order valence-electron chi connectivity index (χ1n) is 10.3. The van der Waals surface area contributed by atoms with Crippen LogP contribution in [-0.2, 0) is 10.0 Å². The second kappa shape index (κ2) is 7.82. The Labute approximate surface area is 190 Å². The molecule has 0 aliphatic rings. The number of aromatic nitrogens is 5. The van der Waals surface area contributed by atoms with Crippen molar-refractivity contribution in [1.82, 2.24) is 24.6 Å². The van der Waals surface area contributed by atoms with Gasteiger partial charge in [-0.25, -0.2) is 32.6 Å². The van der Waals surface area contributed by atoms with Gasteiger partial charge in [-0.05, 0) is 63.2 Å². The molecule has 0 aliphatic carbocycles. The lowest BCUT2D eigenvalue weighted by Crippen LogP contribution is -2.15. The lowest BCUT2D eigenvalue weighted by molar-refractivity contribution is 0.601. The van der Waals surface area contributed by atoms with E-state index in [0.717, 1.165) is 22.2 Å². The maximum absolute atomic E-state index is 12.8. The number of nitrogens with one attached hydrogen (secondary N) is 2. The standard InChI is InChI=1S/C23H21N7O2S/c1-14-12-15(2)25-23(24-14)29-33(31,32)18-10-8-17(9-11-18)26-22-19-6-4-5-7-20(19)30-21(27-22)13-16(3)28-30/h4-13H,1-3H3,(H,26,27)(H,24,25,29). The summed E-state index contributed by atoms with van der Waals surface area (Å²) in [5.74, 6) is 0.713. The van der Waals surface area contributed by atoms with Gasteiger partial charge >= 0.3 is 0 Å². The van der Waals surface area contributed by atoms with Crippen LogP contribution >= 0.6 is 0 Å². The molecule has 33 heavy (non-hydrogen) atoms. The zero-order valence-electron chi connectivity index (χ0n) is 18.2. The molecule has 0 bridgehead atoms. The fourth-order valence-electron chi connectivity index (χ4n) is 3.68. The number of rotatable bonds is 5. The van der Waals surface area contributed by atoms with Crippen LogP contribution in [0.4, 0.5) is 17.5 Å². The molecule has 0 spiro atoms. The van der Waals surface area contributed by atoms with E-state index in [4.69, 9.17) is 4.98 Å². The highest BCUT2D eigenvalue weighted by Gasteiger charge is 2.17. The van der Waals surface area contributed by atoms with Crippen molar-refractivity contribution in [3.63, 3.8) is 0 Å². The van der Waals surface area contributed by atoms with Gasteiger partial charge in [0.2, 0.25) is 5.95 Å². The largest absolute Gasteiger partial charge is 0.340 e. The zero-order valence-corrected chi connectivity index (χ0v) is 19.1. The van der Waals surface area contributed by atoms with E-state index in [1.165, 1.54) is 12.1 Å². The van der Waals surface area contributed by atoms with E-state index in [0.29, 0.717) is 22.9 Å². The summed E-state index contributed by atoms with van der Waals surface area (Å²) in [6.45, 7) is 5.49. The van der Waals surface area contributed by atoms with E-state index in [1.807, 2.05) is 41.8 Å². The van der Waals surface area contributed by atoms with Gasteiger partial charge in [0.05, 0.1) is 16.1 Å². The van der Waals surface area contributed by atoms with Crippen LogP contribution < -0.4 is 10.0 Å². The molecule has 9 nitrogen and oxygen atoms in total. The molecule has 0 amide bonds. The maximum Gasteiger partial charge on any atom is 0.264 e.